The minimum Gasteiger partial charge on any atom is -0.444 e. The molecule has 1 rings (SSSR count). The van der Waals surface area contributed by atoms with Gasteiger partial charge in [0, 0.05) is 16.2 Å². The standard InChI is InChI=1S/C16H25IN2O2/c1-12(13-6-8-14(17)9-7-13)18-10-5-11-19-15(20)21-16(2,3)4/h6-9,12,18H,5,10-11H2,1-4H3,(H,19,20). The summed E-state index contributed by atoms with van der Waals surface area (Å²) in [5, 5.41) is 6.20. The highest BCUT2D eigenvalue weighted by molar-refractivity contribution is 14.1. The van der Waals surface area contributed by atoms with E-state index in [4.69, 9.17) is 4.74 Å². The van der Waals surface area contributed by atoms with Crippen LogP contribution in [0, 0.1) is 3.57 Å². The van der Waals surface area contributed by atoms with E-state index in [0.717, 1.165) is 13.0 Å². The predicted octanol–water partition coefficient (Wildman–Crippen LogP) is 3.86. The lowest BCUT2D eigenvalue weighted by Gasteiger charge is -2.20. The van der Waals surface area contributed by atoms with Crippen molar-refractivity contribution in [1.82, 2.24) is 10.6 Å². The number of rotatable bonds is 6. The third-order valence-electron chi connectivity index (χ3n) is 2.84. The van der Waals surface area contributed by atoms with E-state index < -0.39 is 5.60 Å². The van der Waals surface area contributed by atoms with Gasteiger partial charge < -0.3 is 15.4 Å². The van der Waals surface area contributed by atoms with Gasteiger partial charge in [0.2, 0.25) is 0 Å². The molecule has 0 saturated heterocycles. The molecule has 1 aromatic rings. The van der Waals surface area contributed by atoms with E-state index in [-0.39, 0.29) is 6.09 Å². The van der Waals surface area contributed by atoms with Gasteiger partial charge >= 0.3 is 6.09 Å². The third kappa shape index (κ3) is 8.26. The van der Waals surface area contributed by atoms with E-state index in [9.17, 15) is 4.79 Å². The molecule has 1 atom stereocenters. The molecule has 0 aliphatic rings. The Labute approximate surface area is 141 Å². The SMILES string of the molecule is CC(NCCCNC(=O)OC(C)(C)C)c1ccc(I)cc1. The highest BCUT2D eigenvalue weighted by atomic mass is 127. The summed E-state index contributed by atoms with van der Waals surface area (Å²) in [7, 11) is 0. The molecule has 0 bridgehead atoms. The molecule has 4 nitrogen and oxygen atoms in total. The van der Waals surface area contributed by atoms with Gasteiger partial charge in [-0.15, -0.1) is 0 Å². The van der Waals surface area contributed by atoms with Crippen LogP contribution >= 0.6 is 22.6 Å². The largest absolute Gasteiger partial charge is 0.444 e. The van der Waals surface area contributed by atoms with Gasteiger partial charge in [-0.25, -0.2) is 4.79 Å². The van der Waals surface area contributed by atoms with Crippen LogP contribution in [0.4, 0.5) is 4.79 Å². The molecule has 0 aliphatic heterocycles. The number of amides is 1. The van der Waals surface area contributed by atoms with E-state index in [1.165, 1.54) is 9.13 Å². The molecule has 0 aliphatic carbocycles. The molecule has 0 saturated carbocycles. The van der Waals surface area contributed by atoms with Gasteiger partial charge in [-0.2, -0.15) is 0 Å². The van der Waals surface area contributed by atoms with Crippen LogP contribution in [0.15, 0.2) is 24.3 Å². The number of hydrogen-bond donors (Lipinski definition) is 2. The molecule has 1 amide bonds. The van der Waals surface area contributed by atoms with Crippen molar-refractivity contribution in [2.45, 2.75) is 45.8 Å². The zero-order chi connectivity index (χ0) is 15.9. The van der Waals surface area contributed by atoms with Crippen LogP contribution in [0.1, 0.15) is 45.7 Å². The topological polar surface area (TPSA) is 50.4 Å². The number of nitrogens with one attached hydrogen (secondary N) is 2. The average molecular weight is 404 g/mol. The maximum absolute atomic E-state index is 11.5. The first-order chi connectivity index (χ1) is 9.78. The summed E-state index contributed by atoms with van der Waals surface area (Å²) < 4.78 is 6.42. The second-order valence-electron chi connectivity index (χ2n) is 6.01. The summed E-state index contributed by atoms with van der Waals surface area (Å²) in [5.41, 5.74) is 0.831. The Bertz CT molecular complexity index is 441. The van der Waals surface area contributed by atoms with Crippen molar-refractivity contribution in [3.63, 3.8) is 0 Å². The van der Waals surface area contributed by atoms with Gasteiger partial charge in [-0.05, 0) is 80.9 Å². The lowest BCUT2D eigenvalue weighted by molar-refractivity contribution is 0.0527. The molecule has 1 unspecified atom stereocenters. The molecule has 5 heteroatoms. The Morgan fingerprint density at radius 2 is 1.86 bits per heavy atom. The third-order valence-corrected chi connectivity index (χ3v) is 3.56. The quantitative estimate of drug-likeness (QED) is 0.559. The zero-order valence-corrected chi connectivity index (χ0v) is 15.4. The van der Waals surface area contributed by atoms with Gasteiger partial charge in [-0.1, -0.05) is 12.1 Å². The molecule has 0 fully saturated rings. The van der Waals surface area contributed by atoms with Crippen LogP contribution in [0.3, 0.4) is 0 Å². The molecular weight excluding hydrogens is 379 g/mol. The van der Waals surface area contributed by atoms with Crippen LogP contribution in [0.5, 0.6) is 0 Å². The van der Waals surface area contributed by atoms with Crippen molar-refractivity contribution in [2.75, 3.05) is 13.1 Å². The number of carbonyl (C=O) groups is 1. The monoisotopic (exact) mass is 404 g/mol. The van der Waals surface area contributed by atoms with E-state index in [1.807, 2.05) is 20.8 Å². The minimum absolute atomic E-state index is 0.309. The predicted molar refractivity (Wildman–Crippen MR) is 94.4 cm³/mol. The summed E-state index contributed by atoms with van der Waals surface area (Å²) >= 11 is 2.30. The fourth-order valence-corrected chi connectivity index (χ4v) is 2.14. The number of ether oxygens (including phenoxy) is 1. The highest BCUT2D eigenvalue weighted by Gasteiger charge is 2.15. The lowest BCUT2D eigenvalue weighted by Crippen LogP contribution is -2.34. The zero-order valence-electron chi connectivity index (χ0n) is 13.2. The van der Waals surface area contributed by atoms with Crippen LogP contribution in [-0.2, 0) is 4.74 Å². The Hall–Kier alpha value is -0.820. The molecule has 118 valence electrons. The van der Waals surface area contributed by atoms with E-state index >= 15 is 0 Å². The van der Waals surface area contributed by atoms with Crippen molar-refractivity contribution >= 4 is 28.7 Å². The molecule has 0 aromatic heterocycles. The molecule has 1 aromatic carbocycles. The average Bonchev–Trinajstić information content (AvgIpc) is 2.36. The maximum Gasteiger partial charge on any atom is 0.407 e. The summed E-state index contributed by atoms with van der Waals surface area (Å²) in [6.45, 7) is 9.18. The minimum atomic E-state index is -0.443. The summed E-state index contributed by atoms with van der Waals surface area (Å²) in [6.07, 6.45) is 0.515. The fourth-order valence-electron chi connectivity index (χ4n) is 1.78. The van der Waals surface area contributed by atoms with E-state index in [0.29, 0.717) is 12.6 Å². The summed E-state index contributed by atoms with van der Waals surface area (Å²) in [4.78, 5) is 11.5. The number of halogens is 1. The van der Waals surface area contributed by atoms with Crippen LogP contribution in [0.2, 0.25) is 0 Å². The van der Waals surface area contributed by atoms with Crippen LogP contribution in [0.25, 0.3) is 0 Å². The van der Waals surface area contributed by atoms with Crippen molar-refractivity contribution in [3.8, 4) is 0 Å². The Morgan fingerprint density at radius 3 is 2.43 bits per heavy atom. The van der Waals surface area contributed by atoms with Gasteiger partial charge in [-0.3, -0.25) is 0 Å². The Balaban J connectivity index is 2.16. The maximum atomic E-state index is 11.5. The van der Waals surface area contributed by atoms with Gasteiger partial charge in [0.05, 0.1) is 0 Å². The number of hydrogen-bond acceptors (Lipinski definition) is 3. The van der Waals surface area contributed by atoms with Crippen molar-refractivity contribution in [3.05, 3.63) is 33.4 Å². The van der Waals surface area contributed by atoms with Crippen molar-refractivity contribution < 1.29 is 9.53 Å². The molecule has 0 heterocycles. The first-order valence-electron chi connectivity index (χ1n) is 7.23. The number of benzene rings is 1. The Morgan fingerprint density at radius 1 is 1.24 bits per heavy atom. The van der Waals surface area contributed by atoms with Crippen molar-refractivity contribution in [2.24, 2.45) is 0 Å². The molecular formula is C16H25IN2O2. The Kier molecular flexibility index (Phi) is 7.45. The molecule has 0 radical (unpaired) electrons. The van der Waals surface area contributed by atoms with Crippen LogP contribution < -0.4 is 10.6 Å². The smallest absolute Gasteiger partial charge is 0.407 e. The normalized spacial score (nSPS) is 12.8. The second-order valence-corrected chi connectivity index (χ2v) is 7.26. The summed E-state index contributed by atoms with van der Waals surface area (Å²) in [5.74, 6) is 0. The molecule has 21 heavy (non-hydrogen) atoms. The van der Waals surface area contributed by atoms with Gasteiger partial charge in [0.25, 0.3) is 0 Å². The first kappa shape index (κ1) is 18.2. The second kappa shape index (κ2) is 8.58. The van der Waals surface area contributed by atoms with Gasteiger partial charge in [0.15, 0.2) is 0 Å². The van der Waals surface area contributed by atoms with Crippen LogP contribution in [-0.4, -0.2) is 24.8 Å². The fraction of sp³-hybridized carbons (Fsp3) is 0.562. The molecule has 0 spiro atoms. The van der Waals surface area contributed by atoms with Gasteiger partial charge in [0.1, 0.15) is 5.60 Å². The van der Waals surface area contributed by atoms with Crippen molar-refractivity contribution in [1.29, 1.82) is 0 Å². The highest BCUT2D eigenvalue weighted by Crippen LogP contribution is 2.14. The summed E-state index contributed by atoms with van der Waals surface area (Å²) in [6, 6.07) is 8.80. The first-order valence-corrected chi connectivity index (χ1v) is 8.31. The molecule has 2 N–H and O–H groups in total. The van der Waals surface area contributed by atoms with E-state index in [1.54, 1.807) is 0 Å². The number of carbonyl (C=O) groups excluding carboxylic acids is 1. The van der Waals surface area contributed by atoms with E-state index in [2.05, 4.69) is 64.4 Å². The lowest BCUT2D eigenvalue weighted by atomic mass is 10.1. The number of alkyl carbamates (subject to hydrolysis) is 1.